The van der Waals surface area contributed by atoms with Gasteiger partial charge in [-0.25, -0.2) is 0 Å². The summed E-state index contributed by atoms with van der Waals surface area (Å²) in [7, 11) is 0. The SMILES string of the molecule is Cc1ccc(-c2nnc3ccc(N4CC(C(=O)NCCc5cccnc5)C4)nn23)cc1. The van der Waals surface area contributed by atoms with E-state index in [1.807, 2.05) is 54.7 Å². The van der Waals surface area contributed by atoms with Gasteiger partial charge in [-0.05, 0) is 37.1 Å². The molecule has 8 heteroatoms. The van der Waals surface area contributed by atoms with Gasteiger partial charge in [0.15, 0.2) is 11.5 Å². The molecule has 1 aliphatic heterocycles. The zero-order chi connectivity index (χ0) is 21.2. The fourth-order valence-electron chi connectivity index (χ4n) is 3.68. The van der Waals surface area contributed by atoms with E-state index in [9.17, 15) is 4.79 Å². The van der Waals surface area contributed by atoms with Crippen LogP contribution in [0, 0.1) is 12.8 Å². The number of rotatable bonds is 6. The van der Waals surface area contributed by atoms with Gasteiger partial charge in [0.2, 0.25) is 5.91 Å². The topological polar surface area (TPSA) is 88.3 Å². The number of hydrogen-bond donors (Lipinski definition) is 1. The average molecular weight is 413 g/mol. The quantitative estimate of drug-likeness (QED) is 0.522. The van der Waals surface area contributed by atoms with Crippen LogP contribution in [0.1, 0.15) is 11.1 Å². The number of carbonyl (C=O) groups is 1. The summed E-state index contributed by atoms with van der Waals surface area (Å²) in [6.07, 6.45) is 4.36. The average Bonchev–Trinajstić information content (AvgIpc) is 3.17. The fourth-order valence-corrected chi connectivity index (χ4v) is 3.68. The molecule has 4 heterocycles. The largest absolute Gasteiger partial charge is 0.355 e. The molecule has 0 saturated carbocycles. The maximum Gasteiger partial charge on any atom is 0.226 e. The van der Waals surface area contributed by atoms with Gasteiger partial charge in [0.1, 0.15) is 5.82 Å². The minimum atomic E-state index is -0.0242. The highest BCUT2D eigenvalue weighted by molar-refractivity contribution is 5.81. The summed E-state index contributed by atoms with van der Waals surface area (Å²) in [4.78, 5) is 18.6. The number of nitrogens with zero attached hydrogens (tertiary/aromatic N) is 6. The molecule has 31 heavy (non-hydrogen) atoms. The van der Waals surface area contributed by atoms with Gasteiger partial charge in [-0.3, -0.25) is 9.78 Å². The summed E-state index contributed by atoms with van der Waals surface area (Å²) < 4.78 is 1.77. The Morgan fingerprint density at radius 3 is 2.71 bits per heavy atom. The second kappa shape index (κ2) is 8.14. The van der Waals surface area contributed by atoms with E-state index in [1.54, 1.807) is 10.7 Å². The summed E-state index contributed by atoms with van der Waals surface area (Å²) in [6, 6.07) is 15.9. The number of benzene rings is 1. The van der Waals surface area contributed by atoms with E-state index in [-0.39, 0.29) is 11.8 Å². The van der Waals surface area contributed by atoms with Gasteiger partial charge >= 0.3 is 0 Å². The Labute approximate surface area is 179 Å². The van der Waals surface area contributed by atoms with Gasteiger partial charge in [0.25, 0.3) is 0 Å². The zero-order valence-corrected chi connectivity index (χ0v) is 17.3. The Balaban J connectivity index is 1.22. The molecule has 1 N–H and O–H groups in total. The smallest absolute Gasteiger partial charge is 0.226 e. The summed E-state index contributed by atoms with van der Waals surface area (Å²) in [5.41, 5.74) is 3.98. The molecule has 1 amide bonds. The number of hydrogen-bond acceptors (Lipinski definition) is 6. The number of pyridine rings is 1. The van der Waals surface area contributed by atoms with E-state index in [0.717, 1.165) is 23.4 Å². The second-order valence-corrected chi connectivity index (χ2v) is 7.86. The first-order valence-electron chi connectivity index (χ1n) is 10.4. The van der Waals surface area contributed by atoms with Crippen LogP contribution in [0.5, 0.6) is 0 Å². The number of anilines is 1. The Kier molecular flexibility index (Phi) is 5.03. The predicted octanol–water partition coefficient (Wildman–Crippen LogP) is 2.29. The van der Waals surface area contributed by atoms with Crippen molar-refractivity contribution in [3.63, 3.8) is 0 Å². The zero-order valence-electron chi connectivity index (χ0n) is 17.3. The van der Waals surface area contributed by atoms with Crippen molar-refractivity contribution in [3.8, 4) is 11.4 Å². The molecule has 1 aliphatic rings. The van der Waals surface area contributed by atoms with E-state index >= 15 is 0 Å². The molecule has 1 saturated heterocycles. The van der Waals surface area contributed by atoms with E-state index < -0.39 is 0 Å². The second-order valence-electron chi connectivity index (χ2n) is 7.86. The Morgan fingerprint density at radius 1 is 1.10 bits per heavy atom. The molecule has 156 valence electrons. The molecule has 8 nitrogen and oxygen atoms in total. The molecule has 4 aromatic rings. The van der Waals surface area contributed by atoms with Crippen LogP contribution in [0.2, 0.25) is 0 Å². The van der Waals surface area contributed by atoms with Crippen LogP contribution in [0.3, 0.4) is 0 Å². The molecule has 3 aromatic heterocycles. The minimum Gasteiger partial charge on any atom is -0.355 e. The lowest BCUT2D eigenvalue weighted by Gasteiger charge is -2.38. The van der Waals surface area contributed by atoms with E-state index in [4.69, 9.17) is 5.10 Å². The van der Waals surface area contributed by atoms with Crippen LogP contribution >= 0.6 is 0 Å². The number of fused-ring (bicyclic) bond motifs is 1. The predicted molar refractivity (Wildman–Crippen MR) is 118 cm³/mol. The van der Waals surface area contributed by atoms with Crippen LogP contribution in [0.25, 0.3) is 17.0 Å². The van der Waals surface area contributed by atoms with Crippen molar-refractivity contribution >= 4 is 17.4 Å². The minimum absolute atomic E-state index is 0.0242. The highest BCUT2D eigenvalue weighted by Crippen LogP contribution is 2.25. The Bertz CT molecular complexity index is 1200. The number of carbonyl (C=O) groups excluding carboxylic acids is 1. The lowest BCUT2D eigenvalue weighted by Crippen LogP contribution is -2.54. The summed E-state index contributed by atoms with van der Waals surface area (Å²) in [5, 5.41) is 16.3. The Morgan fingerprint density at radius 2 is 1.94 bits per heavy atom. The van der Waals surface area contributed by atoms with Crippen LogP contribution in [0.15, 0.2) is 60.9 Å². The normalized spacial score (nSPS) is 13.9. The van der Waals surface area contributed by atoms with Gasteiger partial charge in [0, 0.05) is 37.6 Å². The van der Waals surface area contributed by atoms with E-state index in [1.165, 1.54) is 5.56 Å². The first-order valence-corrected chi connectivity index (χ1v) is 10.4. The molecule has 1 fully saturated rings. The standard InChI is InChI=1S/C23H23N7O/c1-16-4-6-18(7-5-16)22-27-26-20-8-9-21(28-30(20)22)29-14-19(15-29)23(31)25-12-10-17-3-2-11-24-13-17/h2-9,11,13,19H,10,12,14-15H2,1H3,(H,25,31). The lowest BCUT2D eigenvalue weighted by atomic mass is 9.99. The number of aromatic nitrogens is 5. The third-order valence-electron chi connectivity index (χ3n) is 5.57. The van der Waals surface area contributed by atoms with Crippen molar-refractivity contribution < 1.29 is 4.79 Å². The van der Waals surface area contributed by atoms with Crippen molar-refractivity contribution in [2.45, 2.75) is 13.3 Å². The first kappa shape index (κ1) is 19.2. The molecule has 0 bridgehead atoms. The van der Waals surface area contributed by atoms with Crippen LogP contribution in [-0.2, 0) is 11.2 Å². The first-order chi connectivity index (χ1) is 15.2. The highest BCUT2D eigenvalue weighted by Gasteiger charge is 2.33. The monoisotopic (exact) mass is 413 g/mol. The number of amides is 1. The third kappa shape index (κ3) is 3.96. The summed E-state index contributed by atoms with van der Waals surface area (Å²) in [6.45, 7) is 3.97. The van der Waals surface area contributed by atoms with Crippen molar-refractivity contribution in [1.29, 1.82) is 0 Å². The number of aryl methyl sites for hydroxylation is 1. The van der Waals surface area contributed by atoms with Gasteiger partial charge in [-0.2, -0.15) is 4.52 Å². The van der Waals surface area contributed by atoms with Gasteiger partial charge in [0.05, 0.1) is 5.92 Å². The molecule has 5 rings (SSSR count). The van der Waals surface area contributed by atoms with Crippen molar-refractivity contribution in [2.24, 2.45) is 5.92 Å². The molecule has 1 aromatic carbocycles. The lowest BCUT2D eigenvalue weighted by molar-refractivity contribution is -0.125. The van der Waals surface area contributed by atoms with Gasteiger partial charge < -0.3 is 10.2 Å². The van der Waals surface area contributed by atoms with Crippen molar-refractivity contribution in [2.75, 3.05) is 24.5 Å². The maximum atomic E-state index is 12.4. The molecule has 0 unspecified atom stereocenters. The maximum absolute atomic E-state index is 12.4. The Hall–Kier alpha value is -3.81. The molecule has 0 radical (unpaired) electrons. The van der Waals surface area contributed by atoms with Gasteiger partial charge in [-0.1, -0.05) is 35.9 Å². The van der Waals surface area contributed by atoms with Crippen molar-refractivity contribution in [1.82, 2.24) is 30.1 Å². The number of nitrogens with one attached hydrogen (secondary N) is 1. The molecular weight excluding hydrogens is 390 g/mol. The molecule has 0 aliphatic carbocycles. The fraction of sp³-hybridized carbons (Fsp3) is 0.261. The van der Waals surface area contributed by atoms with E-state index in [2.05, 4.69) is 32.3 Å². The van der Waals surface area contributed by atoms with Crippen LogP contribution in [-0.4, -0.2) is 50.3 Å². The third-order valence-corrected chi connectivity index (χ3v) is 5.57. The van der Waals surface area contributed by atoms with Crippen LogP contribution < -0.4 is 10.2 Å². The van der Waals surface area contributed by atoms with E-state index in [0.29, 0.717) is 31.1 Å². The van der Waals surface area contributed by atoms with Gasteiger partial charge in [-0.15, -0.1) is 15.3 Å². The summed E-state index contributed by atoms with van der Waals surface area (Å²) >= 11 is 0. The highest BCUT2D eigenvalue weighted by atomic mass is 16.2. The van der Waals surface area contributed by atoms with Crippen LogP contribution in [0.4, 0.5) is 5.82 Å². The van der Waals surface area contributed by atoms with Crippen molar-refractivity contribution in [3.05, 3.63) is 72.1 Å². The molecular formula is C23H23N7O. The summed E-state index contributed by atoms with van der Waals surface area (Å²) in [5.74, 6) is 1.59. The molecule has 0 spiro atoms. The molecule has 0 atom stereocenters.